The lowest BCUT2D eigenvalue weighted by molar-refractivity contribution is 1.17. The first-order valence-corrected chi connectivity index (χ1v) is 16.3. The molecule has 0 radical (unpaired) electrons. The van der Waals surface area contributed by atoms with Gasteiger partial charge in [-0.15, -0.1) is 0 Å². The van der Waals surface area contributed by atoms with E-state index in [1.807, 2.05) is 78.9 Å². The van der Waals surface area contributed by atoms with Gasteiger partial charge in [-0.25, -0.2) is 4.85 Å². The Labute approximate surface area is 288 Å². The number of hydrogen-bond acceptors (Lipinski definition) is 2. The lowest BCUT2D eigenvalue weighted by Gasteiger charge is -2.19. The van der Waals surface area contributed by atoms with Crippen molar-refractivity contribution in [3.63, 3.8) is 0 Å². The van der Waals surface area contributed by atoms with Gasteiger partial charge in [-0.3, -0.25) is 0 Å². The van der Waals surface area contributed by atoms with Crippen LogP contribution in [-0.2, 0) is 0 Å². The predicted octanol–water partition coefficient (Wildman–Crippen LogP) is 11.5. The van der Waals surface area contributed by atoms with E-state index in [4.69, 9.17) is 6.57 Å². The second kappa shape index (κ2) is 11.4. The zero-order chi connectivity index (χ0) is 33.8. The average Bonchev–Trinajstić information content (AvgIpc) is 3.69. The van der Waals surface area contributed by atoms with Crippen molar-refractivity contribution in [3.8, 4) is 45.8 Å². The molecule has 2 heterocycles. The number of nitriles is 2. The van der Waals surface area contributed by atoms with Gasteiger partial charge in [-0.05, 0) is 88.8 Å². The van der Waals surface area contributed by atoms with Crippen molar-refractivity contribution >= 4 is 49.3 Å². The van der Waals surface area contributed by atoms with Gasteiger partial charge in [0, 0.05) is 27.4 Å². The second-order valence-electron chi connectivity index (χ2n) is 12.3. The number of aromatic nitrogens is 2. The standard InChI is InChI=1S/C45H25N5/c1-48-33-19-21-43-39(26-33)37-13-6-8-16-41(37)50(43)44-17-9-14-35(45(44)31-10-3-2-4-11-31)32-22-30(28-47)23-34(25-32)49-40-15-7-5-12-36(40)38-24-29(27-46)18-20-42(38)49/h2-26H. The summed E-state index contributed by atoms with van der Waals surface area (Å²) in [6, 6.07) is 55.7. The third-order valence-electron chi connectivity index (χ3n) is 9.55. The minimum absolute atomic E-state index is 0.546. The molecule has 2 aromatic heterocycles. The molecule has 0 aliphatic rings. The summed E-state index contributed by atoms with van der Waals surface area (Å²) in [5.74, 6) is 0. The molecule has 5 heteroatoms. The van der Waals surface area contributed by atoms with E-state index >= 15 is 0 Å². The summed E-state index contributed by atoms with van der Waals surface area (Å²) in [6.45, 7) is 7.66. The van der Waals surface area contributed by atoms with Crippen LogP contribution < -0.4 is 0 Å². The van der Waals surface area contributed by atoms with E-state index < -0.39 is 0 Å². The van der Waals surface area contributed by atoms with E-state index in [1.54, 1.807) is 0 Å². The van der Waals surface area contributed by atoms with E-state index in [9.17, 15) is 10.5 Å². The van der Waals surface area contributed by atoms with Gasteiger partial charge >= 0.3 is 0 Å². The molecule has 0 aliphatic carbocycles. The molecule has 50 heavy (non-hydrogen) atoms. The Hall–Kier alpha value is -7.39. The van der Waals surface area contributed by atoms with Crippen LogP contribution in [0.25, 0.3) is 82.1 Å². The van der Waals surface area contributed by atoms with Gasteiger partial charge in [0.2, 0.25) is 0 Å². The third kappa shape index (κ3) is 4.38. The van der Waals surface area contributed by atoms with Gasteiger partial charge in [0.15, 0.2) is 5.69 Å². The molecule has 0 amide bonds. The molecule has 9 aromatic rings. The highest BCUT2D eigenvalue weighted by molar-refractivity contribution is 6.12. The molecular formula is C45H25N5. The minimum Gasteiger partial charge on any atom is -0.309 e. The molecule has 9 rings (SSSR count). The van der Waals surface area contributed by atoms with Crippen LogP contribution in [0.5, 0.6) is 0 Å². The maximum atomic E-state index is 10.4. The summed E-state index contributed by atoms with van der Waals surface area (Å²) in [7, 11) is 0. The zero-order valence-corrected chi connectivity index (χ0v) is 26.7. The predicted molar refractivity (Wildman–Crippen MR) is 202 cm³/mol. The molecule has 0 saturated heterocycles. The molecule has 0 aliphatic heterocycles. The monoisotopic (exact) mass is 635 g/mol. The van der Waals surface area contributed by atoms with Crippen molar-refractivity contribution in [3.05, 3.63) is 174 Å². The Morgan fingerprint density at radius 2 is 1.12 bits per heavy atom. The van der Waals surface area contributed by atoms with Crippen molar-refractivity contribution < 1.29 is 0 Å². The Balaban J connectivity index is 1.36. The first-order valence-electron chi connectivity index (χ1n) is 16.3. The van der Waals surface area contributed by atoms with Crippen LogP contribution in [0.3, 0.4) is 0 Å². The largest absolute Gasteiger partial charge is 0.309 e. The van der Waals surface area contributed by atoms with Gasteiger partial charge in [0.25, 0.3) is 0 Å². The fourth-order valence-corrected chi connectivity index (χ4v) is 7.45. The van der Waals surface area contributed by atoms with Crippen molar-refractivity contribution in [2.45, 2.75) is 0 Å². The fourth-order valence-electron chi connectivity index (χ4n) is 7.45. The van der Waals surface area contributed by atoms with Crippen molar-refractivity contribution in [1.29, 1.82) is 10.5 Å². The quantitative estimate of drug-likeness (QED) is 0.181. The van der Waals surface area contributed by atoms with Crippen molar-refractivity contribution in [2.24, 2.45) is 0 Å². The number of nitrogens with zero attached hydrogens (tertiary/aromatic N) is 5. The van der Waals surface area contributed by atoms with Crippen LogP contribution >= 0.6 is 0 Å². The molecule has 0 atom stereocenters. The van der Waals surface area contributed by atoms with E-state index in [-0.39, 0.29) is 0 Å². The van der Waals surface area contributed by atoms with Crippen LogP contribution in [0, 0.1) is 29.2 Å². The summed E-state index contributed by atoms with van der Waals surface area (Å²) < 4.78 is 4.48. The topological polar surface area (TPSA) is 61.8 Å². The maximum absolute atomic E-state index is 10.4. The molecular weight excluding hydrogens is 611 g/mol. The summed E-state index contributed by atoms with van der Waals surface area (Å²) in [5, 5.41) is 24.2. The number of fused-ring (bicyclic) bond motifs is 6. The molecule has 0 bridgehead atoms. The molecule has 0 fully saturated rings. The number of benzene rings is 7. The highest BCUT2D eigenvalue weighted by atomic mass is 15.0. The summed E-state index contributed by atoms with van der Waals surface area (Å²) in [6.07, 6.45) is 0. The Morgan fingerprint density at radius 1 is 0.480 bits per heavy atom. The van der Waals surface area contributed by atoms with Crippen molar-refractivity contribution in [1.82, 2.24) is 9.13 Å². The summed E-state index contributed by atoms with van der Waals surface area (Å²) in [4.78, 5) is 3.72. The van der Waals surface area contributed by atoms with Crippen LogP contribution in [-0.4, -0.2) is 9.13 Å². The van der Waals surface area contributed by atoms with Crippen LogP contribution in [0.15, 0.2) is 152 Å². The number of hydrogen-bond donors (Lipinski definition) is 0. The van der Waals surface area contributed by atoms with Gasteiger partial charge in [-0.2, -0.15) is 10.5 Å². The Bertz CT molecular complexity index is 2960. The molecule has 0 saturated carbocycles. The van der Waals surface area contributed by atoms with E-state index in [0.29, 0.717) is 16.8 Å². The molecule has 7 aromatic carbocycles. The zero-order valence-electron chi connectivity index (χ0n) is 26.7. The molecule has 0 unspecified atom stereocenters. The summed E-state index contributed by atoms with van der Waals surface area (Å²) in [5.41, 5.74) is 11.6. The Kier molecular flexibility index (Phi) is 6.56. The first kappa shape index (κ1) is 28.8. The second-order valence-corrected chi connectivity index (χ2v) is 12.3. The first-order chi connectivity index (χ1) is 24.7. The lowest BCUT2D eigenvalue weighted by Crippen LogP contribution is -2.00. The van der Waals surface area contributed by atoms with Crippen LogP contribution in [0.2, 0.25) is 0 Å². The molecule has 0 N–H and O–H groups in total. The number of para-hydroxylation sites is 2. The van der Waals surface area contributed by atoms with E-state index in [1.165, 1.54) is 0 Å². The van der Waals surface area contributed by atoms with E-state index in [2.05, 4.69) is 98.9 Å². The molecule has 0 spiro atoms. The van der Waals surface area contributed by atoms with Gasteiger partial charge in [0.05, 0.1) is 57.6 Å². The fraction of sp³-hybridized carbons (Fsp3) is 0. The normalized spacial score (nSPS) is 11.1. The van der Waals surface area contributed by atoms with Crippen LogP contribution in [0.1, 0.15) is 11.1 Å². The Morgan fingerprint density at radius 3 is 1.86 bits per heavy atom. The van der Waals surface area contributed by atoms with E-state index in [0.717, 1.165) is 77.2 Å². The highest BCUT2D eigenvalue weighted by Crippen LogP contribution is 2.43. The van der Waals surface area contributed by atoms with Gasteiger partial charge < -0.3 is 9.13 Å². The summed E-state index contributed by atoms with van der Waals surface area (Å²) >= 11 is 0. The van der Waals surface area contributed by atoms with Gasteiger partial charge in [0.1, 0.15) is 0 Å². The van der Waals surface area contributed by atoms with Crippen molar-refractivity contribution in [2.75, 3.05) is 0 Å². The lowest BCUT2D eigenvalue weighted by atomic mass is 9.91. The maximum Gasteiger partial charge on any atom is 0.188 e. The minimum atomic E-state index is 0.546. The smallest absolute Gasteiger partial charge is 0.188 e. The average molecular weight is 636 g/mol. The number of rotatable bonds is 4. The van der Waals surface area contributed by atoms with Crippen LogP contribution in [0.4, 0.5) is 5.69 Å². The van der Waals surface area contributed by atoms with Gasteiger partial charge in [-0.1, -0.05) is 84.9 Å². The highest BCUT2D eigenvalue weighted by Gasteiger charge is 2.21. The molecule has 5 nitrogen and oxygen atoms in total. The SMILES string of the molecule is [C-]#[N+]c1ccc2c(c1)c1ccccc1n2-c1cccc(-c2cc(C#N)cc(-n3c4ccccc4c4cc(C#N)ccc43)c2)c1-c1ccccc1. The third-order valence-corrected chi connectivity index (χ3v) is 9.55. The molecule has 230 valence electrons.